The van der Waals surface area contributed by atoms with Gasteiger partial charge in [0.15, 0.2) is 6.61 Å². The second kappa shape index (κ2) is 12.2. The number of nitrogens with zero attached hydrogens (tertiary/aromatic N) is 2. The molecule has 0 bridgehead atoms. The first-order valence-electron chi connectivity index (χ1n) is 12.3. The molecule has 36 heavy (non-hydrogen) atoms. The summed E-state index contributed by atoms with van der Waals surface area (Å²) in [4.78, 5) is 29.1. The molecule has 188 valence electrons. The highest BCUT2D eigenvalue weighted by molar-refractivity contribution is 5.92. The zero-order valence-electron chi connectivity index (χ0n) is 20.9. The Morgan fingerprint density at radius 3 is 2.17 bits per heavy atom. The van der Waals surface area contributed by atoms with Gasteiger partial charge in [0, 0.05) is 44.1 Å². The normalized spacial score (nSPS) is 13.9. The summed E-state index contributed by atoms with van der Waals surface area (Å²) in [5.74, 6) is -0.125. The molecule has 0 atom stereocenters. The van der Waals surface area contributed by atoms with E-state index < -0.39 is 0 Å². The third-order valence-corrected chi connectivity index (χ3v) is 5.94. The molecule has 7 nitrogen and oxygen atoms in total. The summed E-state index contributed by atoms with van der Waals surface area (Å²) >= 11 is 0. The minimum atomic E-state index is -0.383. The molecular weight excluding hydrogens is 454 g/mol. The van der Waals surface area contributed by atoms with Crippen LogP contribution >= 0.6 is 0 Å². The van der Waals surface area contributed by atoms with Crippen molar-refractivity contribution in [3.05, 3.63) is 90.0 Å². The van der Waals surface area contributed by atoms with Gasteiger partial charge < -0.3 is 19.7 Å². The van der Waals surface area contributed by atoms with Crippen LogP contribution < -0.4 is 15.0 Å². The van der Waals surface area contributed by atoms with E-state index in [2.05, 4.69) is 39.4 Å². The van der Waals surface area contributed by atoms with Crippen molar-refractivity contribution in [2.45, 2.75) is 26.5 Å². The number of esters is 1. The van der Waals surface area contributed by atoms with Gasteiger partial charge in [0.2, 0.25) is 0 Å². The predicted octanol–water partition coefficient (Wildman–Crippen LogP) is 4.59. The molecule has 1 aliphatic heterocycles. The smallest absolute Gasteiger partial charge is 0.338 e. The van der Waals surface area contributed by atoms with E-state index in [1.54, 1.807) is 38.1 Å². The van der Waals surface area contributed by atoms with Crippen molar-refractivity contribution >= 4 is 23.3 Å². The lowest BCUT2D eigenvalue weighted by Crippen LogP contribution is -2.45. The second-order valence-corrected chi connectivity index (χ2v) is 9.11. The maximum atomic E-state index is 12.3. The van der Waals surface area contributed by atoms with Crippen LogP contribution in [0.1, 0.15) is 29.8 Å². The quantitative estimate of drug-likeness (QED) is 0.445. The molecular formula is C29H33N3O4. The molecule has 3 aromatic carbocycles. The van der Waals surface area contributed by atoms with Gasteiger partial charge in [0.25, 0.3) is 5.91 Å². The monoisotopic (exact) mass is 487 g/mol. The number of carbonyl (C=O) groups is 2. The Balaban J connectivity index is 1.20. The standard InChI is InChI=1S/C29H33N3O4/c1-22(2)36-29(34)24-8-14-27(15-9-24)35-21-28(33)30-25-10-12-26(13-11-25)32-18-16-31(17-19-32)20-23-6-4-3-5-7-23/h3-15,22H,16-21H2,1-2H3,(H,30,33). The van der Waals surface area contributed by atoms with Gasteiger partial charge in [-0.25, -0.2) is 4.79 Å². The summed E-state index contributed by atoms with van der Waals surface area (Å²) in [7, 11) is 0. The number of piperazine rings is 1. The summed E-state index contributed by atoms with van der Waals surface area (Å²) in [6.07, 6.45) is -0.179. The van der Waals surface area contributed by atoms with Gasteiger partial charge in [-0.2, -0.15) is 0 Å². The molecule has 0 aromatic heterocycles. The van der Waals surface area contributed by atoms with Crippen molar-refractivity contribution in [3.63, 3.8) is 0 Å². The van der Waals surface area contributed by atoms with Gasteiger partial charge in [-0.05, 0) is 67.9 Å². The molecule has 0 unspecified atom stereocenters. The van der Waals surface area contributed by atoms with E-state index in [1.807, 2.05) is 30.3 Å². The molecule has 4 rings (SSSR count). The number of nitrogens with one attached hydrogen (secondary N) is 1. The molecule has 1 saturated heterocycles. The maximum Gasteiger partial charge on any atom is 0.338 e. The van der Waals surface area contributed by atoms with Crippen molar-refractivity contribution in [3.8, 4) is 5.75 Å². The van der Waals surface area contributed by atoms with Crippen molar-refractivity contribution in [2.24, 2.45) is 0 Å². The van der Waals surface area contributed by atoms with E-state index in [1.165, 1.54) is 5.56 Å². The number of carbonyl (C=O) groups excluding carboxylic acids is 2. The molecule has 3 aromatic rings. The Labute approximate surface area is 212 Å². The lowest BCUT2D eigenvalue weighted by Gasteiger charge is -2.36. The summed E-state index contributed by atoms with van der Waals surface area (Å²) in [5, 5.41) is 2.86. The predicted molar refractivity (Wildman–Crippen MR) is 141 cm³/mol. The summed E-state index contributed by atoms with van der Waals surface area (Å²) in [5.41, 5.74) is 3.66. The number of hydrogen-bond donors (Lipinski definition) is 1. The second-order valence-electron chi connectivity index (χ2n) is 9.11. The molecule has 0 aliphatic carbocycles. The average molecular weight is 488 g/mol. The summed E-state index contributed by atoms with van der Waals surface area (Å²) < 4.78 is 10.7. The van der Waals surface area contributed by atoms with Crippen LogP contribution in [0.3, 0.4) is 0 Å². The Morgan fingerprint density at radius 1 is 0.861 bits per heavy atom. The molecule has 0 spiro atoms. The Kier molecular flexibility index (Phi) is 8.57. The minimum Gasteiger partial charge on any atom is -0.484 e. The van der Waals surface area contributed by atoms with Gasteiger partial charge in [-0.3, -0.25) is 9.69 Å². The number of ether oxygens (including phenoxy) is 2. The van der Waals surface area contributed by atoms with Crippen molar-refractivity contribution in [1.29, 1.82) is 0 Å². The topological polar surface area (TPSA) is 71.1 Å². The van der Waals surface area contributed by atoms with E-state index in [-0.39, 0.29) is 24.6 Å². The SMILES string of the molecule is CC(C)OC(=O)c1ccc(OCC(=O)Nc2ccc(N3CCN(Cc4ccccc4)CC3)cc2)cc1. The van der Waals surface area contributed by atoms with Crippen LogP contribution in [-0.4, -0.2) is 55.7 Å². The third-order valence-electron chi connectivity index (χ3n) is 5.94. The van der Waals surface area contributed by atoms with Gasteiger partial charge in [0.05, 0.1) is 11.7 Å². The highest BCUT2D eigenvalue weighted by atomic mass is 16.5. The summed E-state index contributed by atoms with van der Waals surface area (Å²) in [6, 6.07) is 25.0. The molecule has 1 heterocycles. The van der Waals surface area contributed by atoms with Crippen LogP contribution in [0.5, 0.6) is 5.75 Å². The van der Waals surface area contributed by atoms with E-state index in [0.717, 1.165) is 44.1 Å². The highest BCUT2D eigenvalue weighted by Crippen LogP contribution is 2.20. The van der Waals surface area contributed by atoms with Crippen LogP contribution in [0.25, 0.3) is 0 Å². The summed E-state index contributed by atoms with van der Waals surface area (Å²) in [6.45, 7) is 8.44. The number of benzene rings is 3. The Hall–Kier alpha value is -3.84. The van der Waals surface area contributed by atoms with Crippen LogP contribution in [0, 0.1) is 0 Å². The number of rotatable bonds is 9. The molecule has 1 N–H and O–H groups in total. The first-order valence-corrected chi connectivity index (χ1v) is 12.3. The third kappa shape index (κ3) is 7.33. The zero-order chi connectivity index (χ0) is 25.3. The largest absolute Gasteiger partial charge is 0.484 e. The average Bonchev–Trinajstić information content (AvgIpc) is 2.89. The van der Waals surface area contributed by atoms with E-state index in [4.69, 9.17) is 9.47 Å². The van der Waals surface area contributed by atoms with E-state index in [0.29, 0.717) is 11.3 Å². The van der Waals surface area contributed by atoms with Crippen molar-refractivity contribution < 1.29 is 19.1 Å². The molecule has 1 fully saturated rings. The van der Waals surface area contributed by atoms with Gasteiger partial charge >= 0.3 is 5.97 Å². The molecule has 0 radical (unpaired) electrons. The molecule has 1 amide bonds. The fourth-order valence-electron chi connectivity index (χ4n) is 4.08. The number of amides is 1. The van der Waals surface area contributed by atoms with Crippen molar-refractivity contribution in [1.82, 2.24) is 4.90 Å². The fraction of sp³-hybridized carbons (Fsp3) is 0.310. The molecule has 0 saturated carbocycles. The number of hydrogen-bond acceptors (Lipinski definition) is 6. The lowest BCUT2D eigenvalue weighted by molar-refractivity contribution is -0.118. The van der Waals surface area contributed by atoms with Crippen LogP contribution in [0.4, 0.5) is 11.4 Å². The zero-order valence-corrected chi connectivity index (χ0v) is 20.9. The Morgan fingerprint density at radius 2 is 1.53 bits per heavy atom. The lowest BCUT2D eigenvalue weighted by atomic mass is 10.2. The molecule has 1 aliphatic rings. The van der Waals surface area contributed by atoms with Crippen LogP contribution in [0.2, 0.25) is 0 Å². The van der Waals surface area contributed by atoms with E-state index >= 15 is 0 Å². The van der Waals surface area contributed by atoms with Gasteiger partial charge in [-0.15, -0.1) is 0 Å². The van der Waals surface area contributed by atoms with Gasteiger partial charge in [0.1, 0.15) is 5.75 Å². The minimum absolute atomic E-state index is 0.124. The number of anilines is 2. The highest BCUT2D eigenvalue weighted by Gasteiger charge is 2.17. The fourth-order valence-corrected chi connectivity index (χ4v) is 4.08. The van der Waals surface area contributed by atoms with Crippen LogP contribution in [0.15, 0.2) is 78.9 Å². The maximum absolute atomic E-state index is 12.3. The van der Waals surface area contributed by atoms with Crippen LogP contribution in [-0.2, 0) is 16.1 Å². The Bertz CT molecular complexity index is 1120. The van der Waals surface area contributed by atoms with E-state index in [9.17, 15) is 9.59 Å². The van der Waals surface area contributed by atoms with Gasteiger partial charge in [-0.1, -0.05) is 30.3 Å². The first kappa shape index (κ1) is 25.3. The molecule has 7 heteroatoms. The first-order chi connectivity index (χ1) is 17.5. The van der Waals surface area contributed by atoms with Crippen molar-refractivity contribution in [2.75, 3.05) is 43.0 Å².